The number of rotatable bonds is 4. The monoisotopic (exact) mass is 489 g/mol. The first-order valence-corrected chi connectivity index (χ1v) is 12.2. The largest absolute Gasteiger partial charge is 0.324 e. The van der Waals surface area contributed by atoms with E-state index in [0.717, 1.165) is 16.7 Å². The van der Waals surface area contributed by atoms with Crippen molar-refractivity contribution in [3.05, 3.63) is 88.7 Å². The van der Waals surface area contributed by atoms with E-state index in [0.29, 0.717) is 22.6 Å². The van der Waals surface area contributed by atoms with Crippen LogP contribution in [-0.4, -0.2) is 30.0 Å². The SMILES string of the molecule is Cc1ccc(NC(=O)CN2C(=O)[C@@]3(SCC(=O)N3c3ccc(F)cc3)c3cccc(C)c32)c(C)c1. The van der Waals surface area contributed by atoms with Gasteiger partial charge in [0.1, 0.15) is 12.4 Å². The summed E-state index contributed by atoms with van der Waals surface area (Å²) in [6.45, 7) is 5.58. The Kier molecular flexibility index (Phi) is 5.63. The van der Waals surface area contributed by atoms with Crippen molar-refractivity contribution in [1.82, 2.24) is 0 Å². The molecule has 0 radical (unpaired) electrons. The van der Waals surface area contributed by atoms with Gasteiger partial charge in [-0.15, -0.1) is 11.8 Å². The number of thioether (sulfide) groups is 1. The van der Waals surface area contributed by atoms with Crippen LogP contribution in [0.5, 0.6) is 0 Å². The van der Waals surface area contributed by atoms with Gasteiger partial charge in [0.05, 0.1) is 11.4 Å². The molecule has 6 nitrogen and oxygen atoms in total. The molecule has 35 heavy (non-hydrogen) atoms. The maximum atomic E-state index is 14.1. The molecule has 0 saturated carbocycles. The average molecular weight is 490 g/mol. The molecule has 178 valence electrons. The van der Waals surface area contributed by atoms with E-state index in [4.69, 9.17) is 0 Å². The summed E-state index contributed by atoms with van der Waals surface area (Å²) in [5, 5.41) is 2.91. The first kappa shape index (κ1) is 23.1. The number of hydrogen-bond donors (Lipinski definition) is 1. The minimum absolute atomic E-state index is 0.0963. The predicted octanol–water partition coefficient (Wildman–Crippen LogP) is 4.67. The van der Waals surface area contributed by atoms with Gasteiger partial charge in [-0.25, -0.2) is 4.39 Å². The number of benzene rings is 3. The molecule has 0 unspecified atom stereocenters. The van der Waals surface area contributed by atoms with Crippen molar-refractivity contribution in [3.8, 4) is 0 Å². The number of fused-ring (bicyclic) bond motifs is 2. The summed E-state index contributed by atoms with van der Waals surface area (Å²) in [5.41, 5.74) is 5.24. The number of aryl methyl sites for hydroxylation is 3. The van der Waals surface area contributed by atoms with E-state index in [1.165, 1.54) is 45.8 Å². The molecule has 1 saturated heterocycles. The van der Waals surface area contributed by atoms with Gasteiger partial charge in [-0.2, -0.15) is 0 Å². The molecule has 2 heterocycles. The number of hydrogen-bond acceptors (Lipinski definition) is 4. The van der Waals surface area contributed by atoms with E-state index in [2.05, 4.69) is 5.32 Å². The Hall–Kier alpha value is -3.65. The second-order valence-electron chi connectivity index (χ2n) is 8.87. The van der Waals surface area contributed by atoms with Crippen molar-refractivity contribution >= 4 is 46.5 Å². The van der Waals surface area contributed by atoms with E-state index in [-0.39, 0.29) is 30.0 Å². The van der Waals surface area contributed by atoms with Crippen LogP contribution in [-0.2, 0) is 19.3 Å². The Morgan fingerprint density at radius 2 is 1.77 bits per heavy atom. The maximum absolute atomic E-state index is 14.1. The summed E-state index contributed by atoms with van der Waals surface area (Å²) >= 11 is 1.23. The zero-order valence-electron chi connectivity index (χ0n) is 19.6. The molecule has 0 bridgehead atoms. The Balaban J connectivity index is 1.54. The van der Waals surface area contributed by atoms with E-state index < -0.39 is 10.7 Å². The Labute approximate surface area is 207 Å². The third-order valence-electron chi connectivity index (χ3n) is 6.42. The molecule has 5 rings (SSSR count). The summed E-state index contributed by atoms with van der Waals surface area (Å²) in [6.07, 6.45) is 0. The fourth-order valence-corrected chi connectivity index (χ4v) is 6.22. The van der Waals surface area contributed by atoms with Gasteiger partial charge in [-0.1, -0.05) is 35.9 Å². The average Bonchev–Trinajstić information content (AvgIpc) is 3.28. The highest BCUT2D eigenvalue weighted by Gasteiger charge is 2.61. The summed E-state index contributed by atoms with van der Waals surface area (Å²) in [5.74, 6) is -1.28. The van der Waals surface area contributed by atoms with Crippen LogP contribution in [0.1, 0.15) is 22.3 Å². The van der Waals surface area contributed by atoms with Crippen LogP contribution in [0.25, 0.3) is 0 Å². The highest BCUT2D eigenvalue weighted by atomic mass is 32.2. The van der Waals surface area contributed by atoms with Crippen LogP contribution in [0.15, 0.2) is 60.7 Å². The fourth-order valence-electron chi connectivity index (χ4n) is 4.87. The van der Waals surface area contributed by atoms with Gasteiger partial charge in [0.2, 0.25) is 16.7 Å². The highest BCUT2D eigenvalue weighted by Crippen LogP contribution is 2.56. The molecule has 1 fully saturated rings. The standard InChI is InChI=1S/C27H24FN3O3S/c1-16-7-12-22(18(3)13-16)29-23(32)14-30-25-17(2)5-4-6-21(25)27(26(30)34)31(24(33)15-35-27)20-10-8-19(28)9-11-20/h4-13H,14-15H2,1-3H3,(H,29,32)/t27-/m0/s1. The Morgan fingerprint density at radius 3 is 2.49 bits per heavy atom. The number of carbonyl (C=O) groups is 3. The smallest absolute Gasteiger partial charge is 0.269 e. The lowest BCUT2D eigenvalue weighted by atomic mass is 10.0. The van der Waals surface area contributed by atoms with Gasteiger partial charge in [0, 0.05) is 16.9 Å². The van der Waals surface area contributed by atoms with Crippen LogP contribution in [0.4, 0.5) is 21.5 Å². The number of anilines is 3. The lowest BCUT2D eigenvalue weighted by Crippen LogP contribution is -2.50. The topological polar surface area (TPSA) is 69.7 Å². The fraction of sp³-hybridized carbons (Fsp3) is 0.222. The highest BCUT2D eigenvalue weighted by molar-refractivity contribution is 8.02. The number of nitrogens with zero attached hydrogens (tertiary/aromatic N) is 2. The van der Waals surface area contributed by atoms with E-state index >= 15 is 0 Å². The first-order valence-electron chi connectivity index (χ1n) is 11.2. The number of amides is 3. The third-order valence-corrected chi connectivity index (χ3v) is 7.81. The summed E-state index contributed by atoms with van der Waals surface area (Å²) in [6, 6.07) is 16.8. The summed E-state index contributed by atoms with van der Waals surface area (Å²) < 4.78 is 13.6. The van der Waals surface area contributed by atoms with Gasteiger partial charge >= 0.3 is 0 Å². The van der Waals surface area contributed by atoms with Crippen LogP contribution >= 0.6 is 11.8 Å². The second kappa shape index (κ2) is 8.53. The number of nitrogens with one attached hydrogen (secondary N) is 1. The van der Waals surface area contributed by atoms with Crippen LogP contribution in [0.2, 0.25) is 0 Å². The Bertz CT molecular complexity index is 1370. The van der Waals surface area contributed by atoms with Crippen molar-refractivity contribution < 1.29 is 18.8 Å². The van der Waals surface area contributed by atoms with Gasteiger partial charge in [-0.05, 0) is 62.2 Å². The molecule has 1 spiro atoms. The number of halogens is 1. The van der Waals surface area contributed by atoms with Gasteiger partial charge < -0.3 is 5.32 Å². The van der Waals surface area contributed by atoms with Gasteiger partial charge in [0.15, 0.2) is 0 Å². The van der Waals surface area contributed by atoms with Crippen molar-refractivity contribution in [3.63, 3.8) is 0 Å². The molecule has 1 N–H and O–H groups in total. The molecule has 3 aromatic rings. The third kappa shape index (κ3) is 3.69. The van der Waals surface area contributed by atoms with Gasteiger partial charge in [-0.3, -0.25) is 24.2 Å². The molecule has 0 aromatic heterocycles. The molecule has 0 aliphatic carbocycles. The number of para-hydroxylation sites is 1. The minimum atomic E-state index is -1.35. The minimum Gasteiger partial charge on any atom is -0.324 e. The van der Waals surface area contributed by atoms with Crippen molar-refractivity contribution in [2.45, 2.75) is 25.6 Å². The van der Waals surface area contributed by atoms with Crippen molar-refractivity contribution in [2.24, 2.45) is 0 Å². The van der Waals surface area contributed by atoms with E-state index in [1.807, 2.05) is 57.2 Å². The van der Waals surface area contributed by atoms with E-state index in [1.54, 1.807) is 0 Å². The lowest BCUT2D eigenvalue weighted by Gasteiger charge is -2.33. The predicted molar refractivity (Wildman–Crippen MR) is 136 cm³/mol. The lowest BCUT2D eigenvalue weighted by molar-refractivity contribution is -0.124. The Morgan fingerprint density at radius 1 is 1.03 bits per heavy atom. The van der Waals surface area contributed by atoms with Crippen LogP contribution in [0, 0.1) is 26.6 Å². The zero-order valence-corrected chi connectivity index (χ0v) is 20.4. The maximum Gasteiger partial charge on any atom is 0.269 e. The zero-order chi connectivity index (χ0) is 24.9. The normalized spacial score (nSPS) is 19.0. The quantitative estimate of drug-likeness (QED) is 0.578. The molecule has 2 aliphatic heterocycles. The van der Waals surface area contributed by atoms with Crippen LogP contribution in [0.3, 0.4) is 0 Å². The van der Waals surface area contributed by atoms with Gasteiger partial charge in [0.25, 0.3) is 5.91 Å². The molecule has 3 amide bonds. The molecular weight excluding hydrogens is 465 g/mol. The molecular formula is C27H24FN3O3S. The molecule has 8 heteroatoms. The molecule has 2 aliphatic rings. The molecule has 3 aromatic carbocycles. The first-order chi connectivity index (χ1) is 16.7. The van der Waals surface area contributed by atoms with E-state index in [9.17, 15) is 18.8 Å². The van der Waals surface area contributed by atoms with Crippen molar-refractivity contribution in [2.75, 3.05) is 27.4 Å². The molecule has 1 atom stereocenters. The second-order valence-corrected chi connectivity index (χ2v) is 10.0. The van der Waals surface area contributed by atoms with Crippen LogP contribution < -0.4 is 15.1 Å². The number of carbonyl (C=O) groups excluding carboxylic acids is 3. The summed E-state index contributed by atoms with van der Waals surface area (Å²) in [7, 11) is 0. The summed E-state index contributed by atoms with van der Waals surface area (Å²) in [4.78, 5) is 41.8. The van der Waals surface area contributed by atoms with Crippen molar-refractivity contribution in [1.29, 1.82) is 0 Å².